The van der Waals surface area contributed by atoms with E-state index in [9.17, 15) is 4.79 Å². The summed E-state index contributed by atoms with van der Waals surface area (Å²) in [5.74, 6) is 5.08. The molecule has 0 spiro atoms. The second-order valence-corrected chi connectivity index (χ2v) is 1.63. The van der Waals surface area contributed by atoms with Crippen LogP contribution in [-0.2, 0) is 0 Å². The Morgan fingerprint density at radius 3 is 2.60 bits per heavy atom. The number of amidine groups is 1. The molecular formula is C5H10N4O. The summed E-state index contributed by atoms with van der Waals surface area (Å²) < 4.78 is 0. The van der Waals surface area contributed by atoms with Gasteiger partial charge in [-0.3, -0.25) is 5.01 Å². The minimum atomic E-state index is -0.600. The number of amides is 2. The highest BCUT2D eigenvalue weighted by Crippen LogP contribution is 1.80. The van der Waals surface area contributed by atoms with Crippen molar-refractivity contribution >= 4 is 11.9 Å². The first-order valence-electron chi connectivity index (χ1n) is 2.57. The van der Waals surface area contributed by atoms with E-state index in [0.717, 1.165) is 5.01 Å². The van der Waals surface area contributed by atoms with Gasteiger partial charge < -0.3 is 5.73 Å². The summed E-state index contributed by atoms with van der Waals surface area (Å²) in [7, 11) is 1.38. The molecule has 0 unspecified atom stereocenters. The number of hydrogen-bond acceptors (Lipinski definition) is 2. The molecule has 0 aliphatic carbocycles. The number of urea groups is 1. The summed E-state index contributed by atoms with van der Waals surface area (Å²) in [5, 5.41) is 0.830. The summed E-state index contributed by atoms with van der Waals surface area (Å²) in [5.41, 5.74) is 5.14. The van der Waals surface area contributed by atoms with E-state index in [1.165, 1.54) is 13.1 Å². The lowest BCUT2D eigenvalue weighted by Gasteiger charge is -2.03. The van der Waals surface area contributed by atoms with Crippen molar-refractivity contribution in [2.75, 3.05) is 7.05 Å². The Kier molecular flexibility index (Phi) is 3.13. The van der Waals surface area contributed by atoms with Crippen LogP contribution in [0.4, 0.5) is 4.79 Å². The average Bonchev–Trinajstić information content (AvgIpc) is 1.87. The molecule has 0 aromatic carbocycles. The Labute approximate surface area is 59.0 Å². The Morgan fingerprint density at radius 1 is 1.80 bits per heavy atom. The lowest BCUT2D eigenvalue weighted by Crippen LogP contribution is -2.31. The Hall–Kier alpha value is -1.36. The van der Waals surface area contributed by atoms with E-state index in [1.807, 2.05) is 0 Å². The second kappa shape index (κ2) is 3.62. The molecule has 0 aliphatic rings. The predicted octanol–water partition coefficient (Wildman–Crippen LogP) is -0.545. The van der Waals surface area contributed by atoms with Crippen LogP contribution in [0, 0.1) is 0 Å². The van der Waals surface area contributed by atoms with Crippen LogP contribution in [0.3, 0.4) is 0 Å². The summed E-state index contributed by atoms with van der Waals surface area (Å²) in [6, 6.07) is -0.600. The molecule has 0 atom stereocenters. The third kappa shape index (κ3) is 2.83. The van der Waals surface area contributed by atoms with Gasteiger partial charge in [0.05, 0.1) is 0 Å². The van der Waals surface area contributed by atoms with Crippen molar-refractivity contribution in [3.8, 4) is 0 Å². The lowest BCUT2D eigenvalue weighted by atomic mass is 10.6. The van der Waals surface area contributed by atoms with Crippen molar-refractivity contribution in [1.29, 1.82) is 0 Å². The zero-order valence-electron chi connectivity index (χ0n) is 5.74. The summed E-state index contributed by atoms with van der Waals surface area (Å²) in [4.78, 5) is 13.9. The van der Waals surface area contributed by atoms with E-state index >= 15 is 0 Å². The van der Waals surface area contributed by atoms with Gasteiger partial charge in [0, 0.05) is 7.05 Å². The van der Waals surface area contributed by atoms with E-state index in [1.54, 1.807) is 0 Å². The summed E-state index contributed by atoms with van der Waals surface area (Å²) >= 11 is 0. The quantitative estimate of drug-likeness (QED) is 0.169. The minimum absolute atomic E-state index is 0.0577. The maximum absolute atomic E-state index is 10.6. The van der Waals surface area contributed by atoms with E-state index in [0.29, 0.717) is 0 Å². The van der Waals surface area contributed by atoms with Gasteiger partial charge in [-0.05, 0) is 6.08 Å². The van der Waals surface area contributed by atoms with Crippen molar-refractivity contribution in [3.05, 3.63) is 12.7 Å². The van der Waals surface area contributed by atoms with Crippen molar-refractivity contribution in [2.24, 2.45) is 16.6 Å². The van der Waals surface area contributed by atoms with Gasteiger partial charge in [0.15, 0.2) is 0 Å². The normalized spacial score (nSPS) is 10.8. The van der Waals surface area contributed by atoms with Crippen molar-refractivity contribution in [1.82, 2.24) is 5.01 Å². The first-order valence-corrected chi connectivity index (χ1v) is 2.57. The molecule has 0 heterocycles. The zero-order chi connectivity index (χ0) is 8.15. The molecule has 0 radical (unpaired) electrons. The summed E-state index contributed by atoms with van der Waals surface area (Å²) in [6.45, 7) is 3.31. The third-order valence-corrected chi connectivity index (χ3v) is 0.736. The van der Waals surface area contributed by atoms with E-state index in [2.05, 4.69) is 11.6 Å². The molecule has 10 heavy (non-hydrogen) atoms. The molecule has 5 nitrogen and oxygen atoms in total. The molecule has 0 bridgehead atoms. The van der Waals surface area contributed by atoms with Gasteiger partial charge in [-0.25, -0.2) is 10.6 Å². The number of hydrogen-bond donors (Lipinski definition) is 2. The van der Waals surface area contributed by atoms with Crippen LogP contribution < -0.4 is 11.6 Å². The Balaban J connectivity index is 4.13. The second-order valence-electron chi connectivity index (χ2n) is 1.63. The van der Waals surface area contributed by atoms with Gasteiger partial charge in [-0.15, -0.1) is 0 Å². The summed E-state index contributed by atoms with van der Waals surface area (Å²) in [6.07, 6.45) is 1.27. The number of nitrogens with zero attached hydrogens (tertiary/aromatic N) is 2. The van der Waals surface area contributed by atoms with Crippen LogP contribution in [0.25, 0.3) is 0 Å². The van der Waals surface area contributed by atoms with Crippen LogP contribution in [0.15, 0.2) is 17.6 Å². The van der Waals surface area contributed by atoms with E-state index in [4.69, 9.17) is 11.6 Å². The lowest BCUT2D eigenvalue weighted by molar-refractivity contribution is 0.220. The Morgan fingerprint density at radius 2 is 2.30 bits per heavy atom. The van der Waals surface area contributed by atoms with Crippen molar-refractivity contribution < 1.29 is 4.79 Å². The van der Waals surface area contributed by atoms with Crippen molar-refractivity contribution in [2.45, 2.75) is 0 Å². The minimum Gasteiger partial charge on any atom is -0.384 e. The van der Waals surface area contributed by atoms with Crippen LogP contribution in [0.2, 0.25) is 0 Å². The molecule has 0 fully saturated rings. The fourth-order valence-electron chi connectivity index (χ4n) is 0.235. The number of rotatable bonds is 1. The van der Waals surface area contributed by atoms with Crippen LogP contribution in [0.5, 0.6) is 0 Å². The standard InChI is InChI=1S/C5H10N4O/c1-3-4(6)8-5(10)9(2)7/h3H,1,7H2,2H3,(H2,6,8,10). The van der Waals surface area contributed by atoms with Gasteiger partial charge in [0.1, 0.15) is 5.84 Å². The largest absolute Gasteiger partial charge is 0.384 e. The van der Waals surface area contributed by atoms with Gasteiger partial charge in [-0.1, -0.05) is 6.58 Å². The highest BCUT2D eigenvalue weighted by molar-refractivity contribution is 5.98. The van der Waals surface area contributed by atoms with Gasteiger partial charge in [0.2, 0.25) is 0 Å². The first kappa shape index (κ1) is 8.64. The maximum atomic E-state index is 10.6. The first-order chi connectivity index (χ1) is 4.57. The molecule has 0 saturated carbocycles. The van der Waals surface area contributed by atoms with Crippen LogP contribution in [-0.4, -0.2) is 23.9 Å². The highest BCUT2D eigenvalue weighted by atomic mass is 16.2. The molecule has 56 valence electrons. The number of nitrogens with two attached hydrogens (primary N) is 2. The third-order valence-electron chi connectivity index (χ3n) is 0.736. The number of carbonyl (C=O) groups excluding carboxylic acids is 1. The van der Waals surface area contributed by atoms with Crippen molar-refractivity contribution in [3.63, 3.8) is 0 Å². The topological polar surface area (TPSA) is 84.7 Å². The molecule has 0 aromatic heterocycles. The van der Waals surface area contributed by atoms with Gasteiger partial charge in [-0.2, -0.15) is 4.99 Å². The fraction of sp³-hybridized carbons (Fsp3) is 0.200. The van der Waals surface area contributed by atoms with Gasteiger partial charge in [0.25, 0.3) is 0 Å². The molecule has 0 aromatic rings. The Bertz CT molecular complexity index is 172. The smallest absolute Gasteiger partial charge is 0.359 e. The predicted molar refractivity (Wildman–Crippen MR) is 39.2 cm³/mol. The van der Waals surface area contributed by atoms with E-state index in [-0.39, 0.29) is 5.84 Å². The molecule has 0 aliphatic heterocycles. The number of aliphatic imine (C=N–C) groups is 1. The number of hydrazine groups is 1. The molecule has 0 saturated heterocycles. The van der Waals surface area contributed by atoms with Crippen LogP contribution >= 0.6 is 0 Å². The SMILES string of the molecule is C=C/C(N)=N\C(=O)N(C)N. The molecule has 5 heteroatoms. The monoisotopic (exact) mass is 142 g/mol. The molecule has 0 rings (SSSR count). The zero-order valence-corrected chi connectivity index (χ0v) is 5.74. The fourth-order valence-corrected chi connectivity index (χ4v) is 0.235. The molecule has 2 amide bonds. The van der Waals surface area contributed by atoms with Crippen LogP contribution in [0.1, 0.15) is 0 Å². The molecular weight excluding hydrogens is 132 g/mol. The number of carbonyl (C=O) groups is 1. The molecule has 4 N–H and O–H groups in total. The maximum Gasteiger partial charge on any atom is 0.359 e. The average molecular weight is 142 g/mol. The highest BCUT2D eigenvalue weighted by Gasteiger charge is 1.99. The van der Waals surface area contributed by atoms with E-state index < -0.39 is 6.03 Å². The van der Waals surface area contributed by atoms with Gasteiger partial charge >= 0.3 is 6.03 Å².